The second-order valence-corrected chi connectivity index (χ2v) is 10.6. The summed E-state index contributed by atoms with van der Waals surface area (Å²) in [6, 6.07) is 14.0. The minimum absolute atomic E-state index is 0.162. The van der Waals surface area contributed by atoms with Gasteiger partial charge in [-0.05, 0) is 44.2 Å². The van der Waals surface area contributed by atoms with Gasteiger partial charge in [0.2, 0.25) is 10.0 Å². The van der Waals surface area contributed by atoms with Gasteiger partial charge in [-0.1, -0.05) is 25.1 Å². The maximum Gasteiger partial charge on any atom is 0.253 e. The van der Waals surface area contributed by atoms with Crippen LogP contribution < -0.4 is 0 Å². The van der Waals surface area contributed by atoms with Crippen LogP contribution in [0.5, 0.6) is 0 Å². The number of ether oxygens (including phenoxy) is 1. The lowest BCUT2D eigenvalue weighted by Crippen LogP contribution is -2.48. The van der Waals surface area contributed by atoms with Crippen LogP contribution >= 0.6 is 0 Å². The Morgan fingerprint density at radius 1 is 1.06 bits per heavy atom. The number of nitrogens with zero attached hydrogens (tertiary/aromatic N) is 2. The van der Waals surface area contributed by atoms with Crippen molar-refractivity contribution in [2.75, 3.05) is 20.1 Å². The molecule has 0 spiro atoms. The van der Waals surface area contributed by atoms with Gasteiger partial charge in [0, 0.05) is 49.6 Å². The summed E-state index contributed by atoms with van der Waals surface area (Å²) in [6.07, 6.45) is 0.410. The molecule has 1 amide bonds. The van der Waals surface area contributed by atoms with Crippen LogP contribution in [0.3, 0.4) is 0 Å². The monoisotopic (exact) mass is 470 g/mol. The van der Waals surface area contributed by atoms with Gasteiger partial charge in [-0.25, -0.2) is 8.42 Å². The topological polar surface area (TPSA) is 80.1 Å². The molecule has 2 unspecified atom stereocenters. The van der Waals surface area contributed by atoms with Gasteiger partial charge in [0.1, 0.15) is 11.3 Å². The van der Waals surface area contributed by atoms with E-state index in [1.165, 1.54) is 16.4 Å². The summed E-state index contributed by atoms with van der Waals surface area (Å²) in [5.74, 6) is 0.686. The lowest BCUT2D eigenvalue weighted by molar-refractivity contribution is -0.0440. The molecular weight excluding hydrogens is 440 g/mol. The van der Waals surface area contributed by atoms with E-state index in [4.69, 9.17) is 9.15 Å². The second-order valence-electron chi connectivity index (χ2n) is 8.62. The Bertz CT molecular complexity index is 1240. The highest BCUT2D eigenvalue weighted by atomic mass is 32.2. The van der Waals surface area contributed by atoms with Crippen molar-refractivity contribution in [1.29, 1.82) is 0 Å². The fourth-order valence-electron chi connectivity index (χ4n) is 4.38. The molecule has 1 aliphatic rings. The third kappa shape index (κ3) is 4.69. The van der Waals surface area contributed by atoms with E-state index in [0.717, 1.165) is 28.7 Å². The molecule has 0 radical (unpaired) electrons. The van der Waals surface area contributed by atoms with Gasteiger partial charge in [0.05, 0.1) is 17.1 Å². The molecule has 8 heteroatoms. The summed E-state index contributed by atoms with van der Waals surface area (Å²) in [6.45, 7) is 6.79. The number of morpholine rings is 1. The summed E-state index contributed by atoms with van der Waals surface area (Å²) < 4.78 is 39.2. The van der Waals surface area contributed by atoms with E-state index in [0.29, 0.717) is 25.2 Å². The quantitative estimate of drug-likeness (QED) is 0.543. The Morgan fingerprint density at radius 3 is 2.33 bits per heavy atom. The number of amides is 1. The lowest BCUT2D eigenvalue weighted by Gasteiger charge is -2.34. The number of rotatable bonds is 6. The van der Waals surface area contributed by atoms with Crippen molar-refractivity contribution in [3.05, 3.63) is 65.4 Å². The Kier molecular flexibility index (Phi) is 6.61. The number of aryl methyl sites for hydroxylation is 1. The zero-order valence-corrected chi connectivity index (χ0v) is 20.3. The molecule has 0 aliphatic carbocycles. The van der Waals surface area contributed by atoms with Gasteiger partial charge in [0.25, 0.3) is 5.91 Å². The zero-order valence-electron chi connectivity index (χ0n) is 19.4. The van der Waals surface area contributed by atoms with Crippen molar-refractivity contribution in [3.8, 4) is 0 Å². The van der Waals surface area contributed by atoms with Crippen molar-refractivity contribution in [1.82, 2.24) is 9.21 Å². The van der Waals surface area contributed by atoms with Crippen LogP contribution in [0.4, 0.5) is 0 Å². The van der Waals surface area contributed by atoms with Crippen LogP contribution in [0.25, 0.3) is 11.0 Å². The van der Waals surface area contributed by atoms with Gasteiger partial charge in [-0.3, -0.25) is 4.79 Å². The molecule has 176 valence electrons. The van der Waals surface area contributed by atoms with Gasteiger partial charge in [0.15, 0.2) is 0 Å². The number of sulfonamides is 1. The predicted molar refractivity (Wildman–Crippen MR) is 127 cm³/mol. The maximum atomic E-state index is 13.1. The average molecular weight is 471 g/mol. The standard InChI is InChI=1S/C25H30N2O5S/c1-5-23-22(21-8-6-7-9-24(21)32-23)16-26(4)25(28)19-10-12-20(13-11-19)33(29,30)27-14-17(2)31-18(3)15-27/h6-13,17-18H,5,14-16H2,1-4H3. The van der Waals surface area contributed by atoms with E-state index in [9.17, 15) is 13.2 Å². The fraction of sp³-hybridized carbons (Fsp3) is 0.400. The highest BCUT2D eigenvalue weighted by molar-refractivity contribution is 7.89. The summed E-state index contributed by atoms with van der Waals surface area (Å²) >= 11 is 0. The number of carbonyl (C=O) groups excluding carboxylic acids is 1. The van der Waals surface area contributed by atoms with Crippen molar-refractivity contribution in [2.45, 2.75) is 50.8 Å². The number of carbonyl (C=O) groups is 1. The molecule has 0 saturated carbocycles. The van der Waals surface area contributed by atoms with Crippen molar-refractivity contribution in [3.63, 3.8) is 0 Å². The summed E-state index contributed by atoms with van der Waals surface area (Å²) in [7, 11) is -1.91. The molecule has 33 heavy (non-hydrogen) atoms. The Morgan fingerprint density at radius 2 is 1.70 bits per heavy atom. The summed E-state index contributed by atoms with van der Waals surface area (Å²) in [5.41, 5.74) is 2.25. The number of para-hydroxylation sites is 1. The molecule has 7 nitrogen and oxygen atoms in total. The average Bonchev–Trinajstić information content (AvgIpc) is 3.15. The first kappa shape index (κ1) is 23.5. The minimum atomic E-state index is -3.65. The van der Waals surface area contributed by atoms with Crippen LogP contribution in [-0.4, -0.2) is 55.9 Å². The number of furan rings is 1. The molecular formula is C25H30N2O5S. The number of benzene rings is 2. The van der Waals surface area contributed by atoms with Gasteiger partial charge in [-0.2, -0.15) is 4.31 Å². The van der Waals surface area contributed by atoms with Crippen LogP contribution in [-0.2, 0) is 27.7 Å². The van der Waals surface area contributed by atoms with Crippen molar-refractivity contribution >= 4 is 26.9 Å². The first-order valence-electron chi connectivity index (χ1n) is 11.2. The van der Waals surface area contributed by atoms with Crippen molar-refractivity contribution < 1.29 is 22.4 Å². The summed E-state index contributed by atoms with van der Waals surface area (Å²) in [4.78, 5) is 14.9. The number of fused-ring (bicyclic) bond motifs is 1. The highest BCUT2D eigenvalue weighted by Crippen LogP contribution is 2.28. The van der Waals surface area contributed by atoms with Crippen molar-refractivity contribution in [2.24, 2.45) is 0 Å². The van der Waals surface area contributed by atoms with E-state index in [1.807, 2.05) is 45.0 Å². The SMILES string of the molecule is CCc1oc2ccccc2c1CN(C)C(=O)c1ccc(S(=O)(=O)N2CC(C)OC(C)C2)cc1. The predicted octanol–water partition coefficient (Wildman–Crippen LogP) is 4.07. The molecule has 3 aromatic rings. The fourth-order valence-corrected chi connectivity index (χ4v) is 5.97. The van der Waals surface area contributed by atoms with Crippen LogP contribution in [0, 0.1) is 0 Å². The molecule has 2 atom stereocenters. The number of hydrogen-bond acceptors (Lipinski definition) is 5. The number of hydrogen-bond donors (Lipinski definition) is 0. The Hall–Kier alpha value is -2.68. The maximum absolute atomic E-state index is 13.1. The molecule has 1 aliphatic heterocycles. The van der Waals surface area contributed by atoms with E-state index >= 15 is 0 Å². The minimum Gasteiger partial charge on any atom is -0.461 e. The molecule has 4 rings (SSSR count). The van der Waals surface area contributed by atoms with Crippen LogP contribution in [0.1, 0.15) is 42.5 Å². The van der Waals surface area contributed by atoms with Gasteiger partial charge < -0.3 is 14.1 Å². The molecule has 1 saturated heterocycles. The highest BCUT2D eigenvalue weighted by Gasteiger charge is 2.32. The summed E-state index contributed by atoms with van der Waals surface area (Å²) in [5, 5.41) is 1.00. The first-order valence-corrected chi connectivity index (χ1v) is 12.6. The van der Waals surface area contributed by atoms with E-state index < -0.39 is 10.0 Å². The molecule has 2 heterocycles. The molecule has 0 N–H and O–H groups in total. The van der Waals surface area contributed by atoms with E-state index in [2.05, 4.69) is 0 Å². The third-order valence-electron chi connectivity index (χ3n) is 5.97. The largest absolute Gasteiger partial charge is 0.461 e. The second kappa shape index (κ2) is 9.29. The molecule has 0 bridgehead atoms. The van der Waals surface area contributed by atoms with E-state index in [-0.39, 0.29) is 23.0 Å². The lowest BCUT2D eigenvalue weighted by atomic mass is 10.1. The Labute approximate surface area is 195 Å². The normalized spacial score (nSPS) is 19.6. The van der Waals surface area contributed by atoms with Gasteiger partial charge in [-0.15, -0.1) is 0 Å². The molecule has 1 fully saturated rings. The molecule has 2 aromatic carbocycles. The van der Waals surface area contributed by atoms with Gasteiger partial charge >= 0.3 is 0 Å². The third-order valence-corrected chi connectivity index (χ3v) is 7.82. The van der Waals surface area contributed by atoms with Crippen LogP contribution in [0.15, 0.2) is 57.8 Å². The first-order chi connectivity index (χ1) is 15.7. The Balaban J connectivity index is 1.52. The van der Waals surface area contributed by atoms with Crippen LogP contribution in [0.2, 0.25) is 0 Å². The smallest absolute Gasteiger partial charge is 0.253 e. The zero-order chi connectivity index (χ0) is 23.8. The van der Waals surface area contributed by atoms with E-state index in [1.54, 1.807) is 24.1 Å². The molecule has 1 aromatic heterocycles.